The summed E-state index contributed by atoms with van der Waals surface area (Å²) in [5.41, 5.74) is 11.3. The molecule has 0 saturated heterocycles. The third-order valence-corrected chi connectivity index (χ3v) is 18.2. The van der Waals surface area contributed by atoms with Crippen LogP contribution in [0.4, 0.5) is 0 Å². The molecule has 13 rings (SSSR count). The van der Waals surface area contributed by atoms with E-state index in [0.717, 1.165) is 92.1 Å². The van der Waals surface area contributed by atoms with E-state index in [9.17, 15) is 53.7 Å². The van der Waals surface area contributed by atoms with Crippen LogP contribution in [-0.2, 0) is 89.7 Å². The van der Waals surface area contributed by atoms with Crippen molar-refractivity contribution in [2.24, 2.45) is 11.8 Å². The Labute approximate surface area is 612 Å². The average molecular weight is 1440 g/mol. The number of aryl methyl sites for hydroxylation is 1. The molecule has 2 aromatic heterocycles. The zero-order valence-electron chi connectivity index (χ0n) is 58.5. The van der Waals surface area contributed by atoms with Gasteiger partial charge in [-0.3, -0.25) is 48.3 Å². The normalized spacial score (nSPS) is 13.4. The molecule has 8 N–H and O–H groups in total. The van der Waals surface area contributed by atoms with Crippen LogP contribution in [0.2, 0.25) is 0 Å². The highest BCUT2D eigenvalue weighted by molar-refractivity contribution is 6.02. The summed E-state index contributed by atoms with van der Waals surface area (Å²) in [6, 6.07) is 52.5. The maximum atomic E-state index is 12.6. The zero-order valence-corrected chi connectivity index (χ0v) is 58.5. The monoisotopic (exact) mass is 1440 g/mol. The van der Waals surface area contributed by atoms with Gasteiger partial charge < -0.3 is 70.1 Å². The summed E-state index contributed by atoms with van der Waals surface area (Å²) in [6.45, 7) is 5.42. The minimum atomic E-state index is -1.19. The molecule has 0 aliphatic carbocycles. The van der Waals surface area contributed by atoms with Crippen molar-refractivity contribution >= 4 is 58.4 Å². The lowest BCUT2D eigenvalue weighted by atomic mass is 9.90. The van der Waals surface area contributed by atoms with Gasteiger partial charge in [0.15, 0.2) is 28.9 Å². The minimum Gasteiger partial charge on any atom is -0.493 e. The molecule has 24 heteroatoms. The summed E-state index contributed by atoms with van der Waals surface area (Å²) in [7, 11) is 0. The van der Waals surface area contributed by atoms with Crippen molar-refractivity contribution in [3.63, 3.8) is 0 Å². The van der Waals surface area contributed by atoms with Gasteiger partial charge in [-0.15, -0.1) is 0 Å². The van der Waals surface area contributed by atoms with Crippen LogP contribution in [-0.4, -0.2) is 131 Å². The van der Waals surface area contributed by atoms with Crippen LogP contribution in [0.5, 0.6) is 34.5 Å². The van der Waals surface area contributed by atoms with Crippen molar-refractivity contribution < 1.29 is 87.2 Å². The van der Waals surface area contributed by atoms with Crippen LogP contribution >= 0.6 is 0 Å². The van der Waals surface area contributed by atoms with Gasteiger partial charge >= 0.3 is 23.9 Å². The van der Waals surface area contributed by atoms with Gasteiger partial charge in [0.25, 0.3) is 0 Å². The van der Waals surface area contributed by atoms with E-state index in [1.54, 1.807) is 61.1 Å². The van der Waals surface area contributed by atoms with E-state index in [4.69, 9.17) is 33.5 Å². The van der Waals surface area contributed by atoms with E-state index in [1.165, 1.54) is 11.1 Å². The number of carbonyl (C=O) groups is 8. The molecular weight excluding hydrogens is 1360 g/mol. The molecule has 0 radical (unpaired) electrons. The summed E-state index contributed by atoms with van der Waals surface area (Å²) >= 11 is 0. The van der Waals surface area contributed by atoms with Crippen LogP contribution < -0.4 is 49.7 Å². The first kappa shape index (κ1) is 76.3. The lowest BCUT2D eigenvalue weighted by molar-refractivity contribution is -0.147. The summed E-state index contributed by atoms with van der Waals surface area (Å²) in [6.07, 6.45) is 9.75. The Bertz CT molecular complexity index is 4550. The Morgan fingerprint density at radius 2 is 0.962 bits per heavy atom. The highest BCUT2D eigenvalue weighted by Gasteiger charge is 2.30. The van der Waals surface area contributed by atoms with Crippen molar-refractivity contribution in [3.8, 4) is 34.5 Å². The van der Waals surface area contributed by atoms with Gasteiger partial charge in [-0.25, -0.2) is 0 Å². The van der Waals surface area contributed by atoms with Crippen LogP contribution in [0, 0.1) is 18.8 Å². The summed E-state index contributed by atoms with van der Waals surface area (Å²) < 4.78 is 32.3. The number of carboxylic acids is 4. The Morgan fingerprint density at radius 1 is 0.453 bits per heavy atom. The molecule has 24 nitrogen and oxygen atoms in total. The number of pyridine rings is 2. The fourth-order valence-electron chi connectivity index (χ4n) is 12.6. The molecule has 9 aromatic rings. The van der Waals surface area contributed by atoms with E-state index in [-0.39, 0.29) is 57.0 Å². The van der Waals surface area contributed by atoms with Crippen molar-refractivity contribution in [2.45, 2.75) is 89.4 Å². The number of fused-ring (bicyclic) bond motifs is 5. The molecule has 4 unspecified atom stereocenters. The van der Waals surface area contributed by atoms with E-state index in [1.807, 2.05) is 122 Å². The molecule has 0 spiro atoms. The van der Waals surface area contributed by atoms with E-state index >= 15 is 0 Å². The molecule has 6 heterocycles. The number of nitrogens with one attached hydrogen (secondary N) is 4. The molecule has 4 aliphatic rings. The number of hydrogen-bond acceptors (Lipinski definition) is 16. The van der Waals surface area contributed by atoms with Gasteiger partial charge in [0, 0.05) is 75.3 Å². The van der Waals surface area contributed by atoms with Crippen LogP contribution in [0.1, 0.15) is 92.3 Å². The molecule has 4 amide bonds. The van der Waals surface area contributed by atoms with Gasteiger partial charge in [-0.1, -0.05) is 115 Å². The van der Waals surface area contributed by atoms with E-state index in [0.29, 0.717) is 87.7 Å². The number of carbonyl (C=O) groups excluding carboxylic acids is 4. The second-order valence-corrected chi connectivity index (χ2v) is 25.7. The molecule has 4 aliphatic heterocycles. The number of nitrogens with zero attached hydrogens (tertiary/aromatic N) is 2. The predicted octanol–water partition coefficient (Wildman–Crippen LogP) is 9.75. The van der Waals surface area contributed by atoms with Crippen molar-refractivity contribution in [2.75, 3.05) is 53.0 Å². The minimum absolute atomic E-state index is 0.0829. The number of rotatable bonds is 29. The number of benzene rings is 7. The van der Waals surface area contributed by atoms with E-state index < -0.39 is 53.4 Å². The van der Waals surface area contributed by atoms with Crippen molar-refractivity contribution in [3.05, 3.63) is 250 Å². The Morgan fingerprint density at radius 3 is 1.52 bits per heavy atom. The topological polar surface area (TPSA) is 347 Å². The number of para-hydroxylation sites is 1. The van der Waals surface area contributed by atoms with Crippen LogP contribution in [0.15, 0.2) is 188 Å². The largest absolute Gasteiger partial charge is 0.493 e. The SMILES string of the molecule is Cc1cnccc1C(CC(=O)O)CC(=O)NCCc1ccc2c(c1)OCC2.O=C(O)C(C(=O)NCCc1ccc2c(c1)OCC2)c1ccccc1.O=C(O)C(Cc1ccnc2ccccc12)C(=O)NCCc1ccc2c(c1)OCO2.O=C(O)CC(Cc1ccccc1)C(=O)NCCc1ccc2c(c1)OCO2. The summed E-state index contributed by atoms with van der Waals surface area (Å²) in [4.78, 5) is 103. The van der Waals surface area contributed by atoms with E-state index in [2.05, 4.69) is 43.4 Å². The fraction of sp³-hybridized carbons (Fsp3) is 0.293. The van der Waals surface area contributed by atoms with Gasteiger partial charge in [0.2, 0.25) is 37.2 Å². The number of aliphatic carboxylic acids is 4. The van der Waals surface area contributed by atoms with Gasteiger partial charge in [0.1, 0.15) is 17.4 Å². The van der Waals surface area contributed by atoms with Gasteiger partial charge in [-0.2, -0.15) is 0 Å². The third-order valence-electron chi connectivity index (χ3n) is 18.2. The number of aromatic nitrogens is 2. The third kappa shape index (κ3) is 22.3. The molecule has 550 valence electrons. The number of ether oxygens (including phenoxy) is 6. The number of amides is 4. The highest BCUT2D eigenvalue weighted by Crippen LogP contribution is 2.35. The molecule has 7 aromatic carbocycles. The first-order valence-electron chi connectivity index (χ1n) is 35.0. The zero-order chi connectivity index (χ0) is 74.7. The van der Waals surface area contributed by atoms with Crippen LogP contribution in [0.25, 0.3) is 10.9 Å². The van der Waals surface area contributed by atoms with Crippen molar-refractivity contribution in [1.82, 2.24) is 31.2 Å². The first-order valence-corrected chi connectivity index (χ1v) is 35.0. The highest BCUT2D eigenvalue weighted by atomic mass is 16.7. The lowest BCUT2D eigenvalue weighted by Crippen LogP contribution is -2.37. The summed E-state index contributed by atoms with van der Waals surface area (Å²) in [5, 5.41) is 49.3. The fourth-order valence-corrected chi connectivity index (χ4v) is 12.6. The maximum Gasteiger partial charge on any atom is 0.320 e. The summed E-state index contributed by atoms with van der Waals surface area (Å²) in [5.74, 6) is -4.20. The first-order chi connectivity index (χ1) is 51.4. The second-order valence-electron chi connectivity index (χ2n) is 25.7. The molecule has 106 heavy (non-hydrogen) atoms. The van der Waals surface area contributed by atoms with Gasteiger partial charge in [0.05, 0.1) is 37.5 Å². The van der Waals surface area contributed by atoms with Crippen LogP contribution in [0.3, 0.4) is 0 Å². The van der Waals surface area contributed by atoms with Gasteiger partial charge in [-0.05, 0) is 161 Å². The quantitative estimate of drug-likeness (QED) is 0.0202. The Kier molecular flexibility index (Phi) is 27.5. The molecule has 0 bridgehead atoms. The molecule has 0 saturated carbocycles. The standard InChI is InChI=1S/C22H20N2O5.C21H24N2O4.C20H21NO5.C19H19NO4/c25-21(24-9-7-14-5-6-19-20(11-14)29-13-28-19)17(22(26)27)12-15-8-10-23-18-4-2-1-3-16(15)18;1-14-13-22-7-5-18(14)17(12-21(25)26)11-20(24)23-8-4-15-2-3-16-6-9-27-19(16)10-15;22-19(23)12-16(10-14-4-2-1-3-5-14)20(24)21-9-8-15-6-7-17-18(11-15)26-13-25-17;21-18(17(19(22)23)15-4-2-1-3-5-15)20-10-8-13-6-7-14-9-11-24-16(14)12-13/h1-6,8,10-11,17H,7,9,12-13H2,(H,24,25)(H,26,27);2-3,5,7,10,13,17H,4,6,8-9,11-12H2,1H3,(H,23,24)(H,25,26);1-7,11,16H,8-10,12-13H2,(H,21,24)(H,22,23);1-7,12,17H,8-11H2,(H,20,21)(H,22,23). The smallest absolute Gasteiger partial charge is 0.320 e. The molecule has 0 fully saturated rings. The number of carboxylic acid groups (broad SMARTS) is 4. The molecular formula is C82H84N6O18. The van der Waals surface area contributed by atoms with Crippen molar-refractivity contribution in [1.29, 1.82) is 0 Å². The molecule has 4 atom stereocenters. The second kappa shape index (κ2) is 38.3. The Balaban J connectivity index is 0.000000152. The average Bonchev–Trinajstić information content (AvgIpc) is 1.19. The lowest BCUT2D eigenvalue weighted by Gasteiger charge is -2.17. The predicted molar refractivity (Wildman–Crippen MR) is 391 cm³/mol. The Hall–Kier alpha value is -12.3. The maximum absolute atomic E-state index is 12.6. The number of hydrogen-bond donors (Lipinski definition) is 8.